The Morgan fingerprint density at radius 2 is 1.89 bits per heavy atom. The van der Waals surface area contributed by atoms with Crippen LogP contribution in [-0.2, 0) is 16.1 Å². The number of methoxy groups -OCH3 is 1. The zero-order valence-corrected chi connectivity index (χ0v) is 20.8. The normalized spacial score (nSPS) is 14.3. The smallest absolute Gasteiger partial charge is 0.308 e. The number of benzene rings is 2. The molecular weight excluding hydrogens is 474 g/mol. The summed E-state index contributed by atoms with van der Waals surface area (Å²) in [5, 5.41) is 28.6. The van der Waals surface area contributed by atoms with Crippen LogP contribution in [0.5, 0.6) is 0 Å². The summed E-state index contributed by atoms with van der Waals surface area (Å²) in [6, 6.07) is 17.0. The van der Waals surface area contributed by atoms with Crippen molar-refractivity contribution in [2.45, 2.75) is 32.9 Å². The molecule has 3 heterocycles. The van der Waals surface area contributed by atoms with Gasteiger partial charge < -0.3 is 9.84 Å². The fraction of sp³-hybridized carbons (Fsp3) is 0.222. The third kappa shape index (κ3) is 4.00. The second-order valence-corrected chi connectivity index (χ2v) is 9.68. The lowest BCUT2D eigenvalue weighted by molar-refractivity contribution is -0.141. The van der Waals surface area contributed by atoms with Gasteiger partial charge in [0, 0.05) is 16.0 Å². The number of thiophene rings is 1. The SMILES string of the molecule is COC(=O)C[C@@H]1N=C(c2ccc(-c3cccc(C#N)c3)cc2)c2c(sc(C)c2C)-n2c(CO)nnc21. The van der Waals surface area contributed by atoms with E-state index >= 15 is 0 Å². The highest BCUT2D eigenvalue weighted by atomic mass is 32.1. The molecule has 2 aromatic heterocycles. The number of aliphatic imine (C=N–C) groups is 1. The fourth-order valence-corrected chi connectivity index (χ4v) is 5.57. The number of nitriles is 1. The summed E-state index contributed by atoms with van der Waals surface area (Å²) in [4.78, 5) is 18.4. The summed E-state index contributed by atoms with van der Waals surface area (Å²) in [5.41, 5.74) is 6.17. The Labute approximate surface area is 212 Å². The molecule has 180 valence electrons. The Bertz CT molecular complexity index is 1540. The predicted octanol–water partition coefficient (Wildman–Crippen LogP) is 4.43. The number of aliphatic hydroxyl groups excluding tert-OH is 1. The van der Waals surface area contributed by atoms with Gasteiger partial charge in [0.15, 0.2) is 11.6 Å². The molecule has 0 unspecified atom stereocenters. The molecular formula is C27H23N5O3S. The van der Waals surface area contributed by atoms with Gasteiger partial charge in [-0.1, -0.05) is 36.4 Å². The molecule has 1 aliphatic rings. The number of aryl methyl sites for hydroxylation is 1. The maximum atomic E-state index is 12.3. The maximum Gasteiger partial charge on any atom is 0.308 e. The predicted molar refractivity (Wildman–Crippen MR) is 136 cm³/mol. The first-order chi connectivity index (χ1) is 17.4. The van der Waals surface area contributed by atoms with Crippen molar-refractivity contribution in [3.63, 3.8) is 0 Å². The molecule has 0 amide bonds. The number of fused-ring (bicyclic) bond motifs is 3. The highest BCUT2D eigenvalue weighted by Gasteiger charge is 2.33. The van der Waals surface area contributed by atoms with Crippen LogP contribution >= 0.6 is 11.3 Å². The van der Waals surface area contributed by atoms with Gasteiger partial charge in [-0.3, -0.25) is 14.4 Å². The van der Waals surface area contributed by atoms with E-state index in [-0.39, 0.29) is 13.0 Å². The Kier molecular flexibility index (Phi) is 6.22. The number of hydrogen-bond donors (Lipinski definition) is 1. The van der Waals surface area contributed by atoms with Gasteiger partial charge in [0.1, 0.15) is 17.6 Å². The van der Waals surface area contributed by atoms with Crippen LogP contribution in [0.3, 0.4) is 0 Å². The first kappa shape index (κ1) is 23.6. The van der Waals surface area contributed by atoms with E-state index < -0.39 is 12.0 Å². The van der Waals surface area contributed by atoms with Gasteiger partial charge in [-0.15, -0.1) is 21.5 Å². The summed E-state index contributed by atoms with van der Waals surface area (Å²) < 4.78 is 6.76. The summed E-state index contributed by atoms with van der Waals surface area (Å²) >= 11 is 1.58. The molecule has 1 N–H and O–H groups in total. The minimum Gasteiger partial charge on any atom is -0.469 e. The topological polar surface area (TPSA) is 113 Å². The highest BCUT2D eigenvalue weighted by Crippen LogP contribution is 2.40. The third-order valence-corrected chi connectivity index (χ3v) is 7.55. The molecule has 36 heavy (non-hydrogen) atoms. The van der Waals surface area contributed by atoms with E-state index in [0.717, 1.165) is 43.4 Å². The average molecular weight is 498 g/mol. The van der Waals surface area contributed by atoms with Crippen LogP contribution in [0.25, 0.3) is 16.1 Å². The summed E-state index contributed by atoms with van der Waals surface area (Å²) in [7, 11) is 1.35. The van der Waals surface area contributed by atoms with Crippen LogP contribution < -0.4 is 0 Å². The molecule has 0 radical (unpaired) electrons. The Hall–Kier alpha value is -4.13. The molecule has 0 saturated carbocycles. The fourth-order valence-electron chi connectivity index (χ4n) is 4.38. The molecule has 1 atom stereocenters. The lowest BCUT2D eigenvalue weighted by Gasteiger charge is -2.12. The first-order valence-electron chi connectivity index (χ1n) is 11.4. The van der Waals surface area contributed by atoms with Gasteiger partial charge in [0.25, 0.3) is 0 Å². The summed E-state index contributed by atoms with van der Waals surface area (Å²) in [6.45, 7) is 3.80. The number of aromatic nitrogens is 3. The van der Waals surface area contributed by atoms with Gasteiger partial charge in [0.05, 0.1) is 30.9 Å². The van der Waals surface area contributed by atoms with Crippen LogP contribution in [0.15, 0.2) is 53.5 Å². The number of carbonyl (C=O) groups excluding carboxylic acids is 1. The number of carbonyl (C=O) groups is 1. The zero-order chi connectivity index (χ0) is 25.4. The molecule has 4 aromatic rings. The largest absolute Gasteiger partial charge is 0.469 e. The summed E-state index contributed by atoms with van der Waals surface area (Å²) in [6.07, 6.45) is -0.00440. The monoisotopic (exact) mass is 497 g/mol. The molecule has 5 rings (SSSR count). The van der Waals surface area contributed by atoms with Crippen molar-refractivity contribution in [1.82, 2.24) is 14.8 Å². The van der Waals surface area contributed by atoms with Gasteiger partial charge in [-0.2, -0.15) is 5.26 Å². The van der Waals surface area contributed by atoms with E-state index in [2.05, 4.69) is 16.3 Å². The van der Waals surface area contributed by atoms with Crippen LogP contribution in [0.4, 0.5) is 0 Å². The lowest BCUT2D eigenvalue weighted by atomic mass is 9.96. The van der Waals surface area contributed by atoms with E-state index in [9.17, 15) is 15.2 Å². The number of rotatable bonds is 5. The van der Waals surface area contributed by atoms with Crippen molar-refractivity contribution in [2.75, 3.05) is 7.11 Å². The molecule has 0 fully saturated rings. The van der Waals surface area contributed by atoms with Gasteiger partial charge in [-0.05, 0) is 42.7 Å². The molecule has 0 saturated heterocycles. The van der Waals surface area contributed by atoms with Crippen molar-refractivity contribution in [3.05, 3.63) is 87.3 Å². The number of esters is 1. The number of nitrogens with zero attached hydrogens (tertiary/aromatic N) is 5. The van der Waals surface area contributed by atoms with Gasteiger partial charge >= 0.3 is 5.97 Å². The third-order valence-electron chi connectivity index (χ3n) is 6.36. The number of hydrogen-bond acceptors (Lipinski definition) is 8. The Morgan fingerprint density at radius 3 is 2.58 bits per heavy atom. The molecule has 0 spiro atoms. The van der Waals surface area contributed by atoms with E-state index in [1.807, 2.05) is 60.9 Å². The van der Waals surface area contributed by atoms with E-state index in [0.29, 0.717) is 17.2 Å². The van der Waals surface area contributed by atoms with Gasteiger partial charge in [-0.25, -0.2) is 0 Å². The molecule has 2 aromatic carbocycles. The molecule has 8 nitrogen and oxygen atoms in total. The van der Waals surface area contributed by atoms with Crippen LogP contribution in [-0.4, -0.2) is 38.7 Å². The Balaban J connectivity index is 1.68. The van der Waals surface area contributed by atoms with Crippen molar-refractivity contribution in [1.29, 1.82) is 5.26 Å². The van der Waals surface area contributed by atoms with Crippen molar-refractivity contribution < 1.29 is 14.6 Å². The quantitative estimate of drug-likeness (QED) is 0.408. The molecule has 0 aliphatic carbocycles. The molecule has 9 heteroatoms. The average Bonchev–Trinajstić information content (AvgIpc) is 3.43. The van der Waals surface area contributed by atoms with Crippen molar-refractivity contribution in [3.8, 4) is 22.2 Å². The lowest BCUT2D eigenvalue weighted by Crippen LogP contribution is -2.12. The first-order valence-corrected chi connectivity index (χ1v) is 12.2. The van der Waals surface area contributed by atoms with Crippen molar-refractivity contribution in [2.24, 2.45) is 4.99 Å². The zero-order valence-electron chi connectivity index (χ0n) is 20.0. The van der Waals surface area contributed by atoms with Crippen LogP contribution in [0, 0.1) is 25.2 Å². The minimum atomic E-state index is -0.633. The molecule has 1 aliphatic heterocycles. The number of ether oxygens (including phenoxy) is 1. The van der Waals surface area contributed by atoms with E-state index in [1.54, 1.807) is 17.4 Å². The summed E-state index contributed by atoms with van der Waals surface area (Å²) in [5.74, 6) is 0.479. The Morgan fingerprint density at radius 1 is 1.14 bits per heavy atom. The number of aliphatic hydroxyl groups is 1. The van der Waals surface area contributed by atoms with Gasteiger partial charge in [0.2, 0.25) is 0 Å². The second kappa shape index (κ2) is 9.49. The van der Waals surface area contributed by atoms with E-state index in [1.165, 1.54) is 7.11 Å². The van der Waals surface area contributed by atoms with Crippen LogP contribution in [0.1, 0.15) is 51.2 Å². The van der Waals surface area contributed by atoms with Crippen molar-refractivity contribution >= 4 is 23.0 Å². The maximum absolute atomic E-state index is 12.3. The highest BCUT2D eigenvalue weighted by molar-refractivity contribution is 7.15. The molecule has 0 bridgehead atoms. The minimum absolute atomic E-state index is 0.00440. The van der Waals surface area contributed by atoms with Crippen LogP contribution in [0.2, 0.25) is 0 Å². The van der Waals surface area contributed by atoms with E-state index in [4.69, 9.17) is 9.73 Å². The standard InChI is InChI=1S/C27H23N5O3S/c1-15-16(2)36-27-24(15)25(19-9-7-18(8-10-19)20-6-4-5-17(11-20)13-28)29-21(12-23(34)35-3)26-31-30-22(14-33)32(26)27/h4-11,21,33H,12,14H2,1-3H3/t21-/m0/s1. The second-order valence-electron chi connectivity index (χ2n) is 8.48.